The standard InChI is InChI=1S/C22H25NO8/c1-27-16-8-6-15(7-9-16)22(26)23-19(24)13-31-20(25)10-5-14-11-17(28-2)21(30-4)18(12-14)29-3/h6-9,11-12H,5,10,13H2,1-4H3,(H,23,24,26). The summed E-state index contributed by atoms with van der Waals surface area (Å²) in [7, 11) is 6.01. The Labute approximate surface area is 180 Å². The van der Waals surface area contributed by atoms with Gasteiger partial charge in [-0.05, 0) is 48.4 Å². The molecule has 2 rings (SSSR count). The Kier molecular flexibility index (Phi) is 8.68. The van der Waals surface area contributed by atoms with Crippen LogP contribution in [-0.2, 0) is 20.7 Å². The summed E-state index contributed by atoms with van der Waals surface area (Å²) in [4.78, 5) is 35.9. The molecule has 0 fully saturated rings. The summed E-state index contributed by atoms with van der Waals surface area (Å²) >= 11 is 0. The molecule has 166 valence electrons. The van der Waals surface area contributed by atoms with Gasteiger partial charge in [-0.25, -0.2) is 0 Å². The maximum atomic E-state index is 12.0. The summed E-state index contributed by atoms with van der Waals surface area (Å²) in [5, 5.41) is 2.16. The van der Waals surface area contributed by atoms with Crippen molar-refractivity contribution in [3.05, 3.63) is 47.5 Å². The lowest BCUT2D eigenvalue weighted by atomic mass is 10.1. The first kappa shape index (κ1) is 23.5. The van der Waals surface area contributed by atoms with Gasteiger partial charge in [-0.1, -0.05) is 0 Å². The van der Waals surface area contributed by atoms with Gasteiger partial charge in [0.2, 0.25) is 5.75 Å². The van der Waals surface area contributed by atoms with Gasteiger partial charge in [0, 0.05) is 12.0 Å². The number of nitrogens with one attached hydrogen (secondary N) is 1. The van der Waals surface area contributed by atoms with Crippen molar-refractivity contribution in [3.63, 3.8) is 0 Å². The van der Waals surface area contributed by atoms with E-state index in [-0.39, 0.29) is 12.0 Å². The average Bonchev–Trinajstić information content (AvgIpc) is 2.80. The predicted molar refractivity (Wildman–Crippen MR) is 111 cm³/mol. The van der Waals surface area contributed by atoms with Crippen LogP contribution in [0.25, 0.3) is 0 Å². The van der Waals surface area contributed by atoms with Crippen LogP contribution in [0.4, 0.5) is 0 Å². The molecule has 0 bridgehead atoms. The van der Waals surface area contributed by atoms with E-state index in [4.69, 9.17) is 23.7 Å². The van der Waals surface area contributed by atoms with Crippen LogP contribution in [-0.4, -0.2) is 52.8 Å². The zero-order valence-corrected chi connectivity index (χ0v) is 17.9. The minimum atomic E-state index is -0.720. The second kappa shape index (κ2) is 11.4. The zero-order valence-electron chi connectivity index (χ0n) is 17.9. The Balaban J connectivity index is 1.83. The highest BCUT2D eigenvalue weighted by Gasteiger charge is 2.16. The van der Waals surface area contributed by atoms with E-state index < -0.39 is 24.4 Å². The average molecular weight is 431 g/mol. The summed E-state index contributed by atoms with van der Waals surface area (Å²) in [6.07, 6.45) is 0.361. The molecule has 0 atom stereocenters. The Morgan fingerprint density at radius 1 is 0.839 bits per heavy atom. The smallest absolute Gasteiger partial charge is 0.306 e. The molecule has 0 saturated heterocycles. The van der Waals surface area contributed by atoms with Gasteiger partial charge < -0.3 is 23.7 Å². The van der Waals surface area contributed by atoms with Crippen molar-refractivity contribution in [2.24, 2.45) is 0 Å². The van der Waals surface area contributed by atoms with Gasteiger partial charge in [-0.15, -0.1) is 0 Å². The van der Waals surface area contributed by atoms with E-state index in [0.29, 0.717) is 29.4 Å². The summed E-state index contributed by atoms with van der Waals surface area (Å²) in [6.45, 7) is -0.560. The third-order valence-electron chi connectivity index (χ3n) is 4.31. The van der Waals surface area contributed by atoms with E-state index in [9.17, 15) is 14.4 Å². The number of aryl methyl sites for hydroxylation is 1. The molecule has 0 radical (unpaired) electrons. The molecule has 9 nitrogen and oxygen atoms in total. The van der Waals surface area contributed by atoms with E-state index >= 15 is 0 Å². The molecule has 31 heavy (non-hydrogen) atoms. The zero-order chi connectivity index (χ0) is 22.8. The van der Waals surface area contributed by atoms with E-state index in [2.05, 4.69) is 5.32 Å². The molecule has 1 N–H and O–H groups in total. The molecule has 0 saturated carbocycles. The Hall–Kier alpha value is -3.75. The number of hydrogen-bond acceptors (Lipinski definition) is 8. The van der Waals surface area contributed by atoms with Crippen LogP contribution in [0.1, 0.15) is 22.3 Å². The molecule has 0 aromatic heterocycles. The molecule has 9 heteroatoms. The van der Waals surface area contributed by atoms with Crippen molar-refractivity contribution >= 4 is 17.8 Å². The third-order valence-corrected chi connectivity index (χ3v) is 4.31. The Morgan fingerprint density at radius 3 is 1.97 bits per heavy atom. The van der Waals surface area contributed by atoms with Crippen molar-refractivity contribution < 1.29 is 38.1 Å². The van der Waals surface area contributed by atoms with Crippen LogP contribution in [0.3, 0.4) is 0 Å². The maximum Gasteiger partial charge on any atom is 0.306 e. The molecule has 0 spiro atoms. The van der Waals surface area contributed by atoms with Gasteiger partial charge >= 0.3 is 5.97 Å². The van der Waals surface area contributed by atoms with Gasteiger partial charge in [0.05, 0.1) is 28.4 Å². The normalized spacial score (nSPS) is 10.1. The number of methoxy groups -OCH3 is 4. The summed E-state index contributed by atoms with van der Waals surface area (Å²) in [5.41, 5.74) is 1.05. The van der Waals surface area contributed by atoms with Crippen molar-refractivity contribution in [2.45, 2.75) is 12.8 Å². The number of amides is 2. The first-order chi connectivity index (χ1) is 14.9. The number of hydrogen-bond donors (Lipinski definition) is 1. The van der Waals surface area contributed by atoms with Crippen LogP contribution < -0.4 is 24.3 Å². The number of carbonyl (C=O) groups is 3. The van der Waals surface area contributed by atoms with Crippen LogP contribution in [0.5, 0.6) is 23.0 Å². The first-order valence-electron chi connectivity index (χ1n) is 9.34. The number of esters is 1. The van der Waals surface area contributed by atoms with Gasteiger partial charge in [0.1, 0.15) is 5.75 Å². The highest BCUT2D eigenvalue weighted by atomic mass is 16.5. The maximum absolute atomic E-state index is 12.0. The van der Waals surface area contributed by atoms with Crippen molar-refractivity contribution in [1.82, 2.24) is 5.32 Å². The molecular weight excluding hydrogens is 406 g/mol. The quantitative estimate of drug-likeness (QED) is 0.570. The SMILES string of the molecule is COc1ccc(C(=O)NC(=O)COC(=O)CCc2cc(OC)c(OC)c(OC)c2)cc1. The Morgan fingerprint density at radius 2 is 1.45 bits per heavy atom. The molecule has 0 unspecified atom stereocenters. The lowest BCUT2D eigenvalue weighted by molar-refractivity contribution is -0.148. The van der Waals surface area contributed by atoms with Crippen molar-refractivity contribution in [2.75, 3.05) is 35.0 Å². The predicted octanol–water partition coefficient (Wildman–Crippen LogP) is 2.15. The molecule has 2 amide bonds. The number of rotatable bonds is 10. The van der Waals surface area contributed by atoms with Gasteiger partial charge in [0.25, 0.3) is 11.8 Å². The first-order valence-corrected chi connectivity index (χ1v) is 9.34. The fraction of sp³-hybridized carbons (Fsp3) is 0.318. The van der Waals surface area contributed by atoms with Crippen LogP contribution in [0.2, 0.25) is 0 Å². The van der Waals surface area contributed by atoms with Gasteiger partial charge in [-0.2, -0.15) is 0 Å². The van der Waals surface area contributed by atoms with E-state index in [0.717, 1.165) is 5.56 Å². The fourth-order valence-corrected chi connectivity index (χ4v) is 2.72. The van der Waals surface area contributed by atoms with E-state index in [1.807, 2.05) is 0 Å². The van der Waals surface area contributed by atoms with E-state index in [1.54, 1.807) is 24.3 Å². The largest absolute Gasteiger partial charge is 0.497 e. The molecule has 2 aromatic rings. The van der Waals surface area contributed by atoms with Crippen LogP contribution in [0, 0.1) is 0 Å². The Bertz CT molecular complexity index is 899. The van der Waals surface area contributed by atoms with Gasteiger partial charge in [-0.3, -0.25) is 19.7 Å². The van der Waals surface area contributed by atoms with Crippen molar-refractivity contribution in [3.8, 4) is 23.0 Å². The number of benzene rings is 2. The molecular formula is C22H25NO8. The number of ether oxygens (including phenoxy) is 5. The van der Waals surface area contributed by atoms with Crippen LogP contribution in [0.15, 0.2) is 36.4 Å². The minimum absolute atomic E-state index is 0.0261. The lowest BCUT2D eigenvalue weighted by Gasteiger charge is -2.14. The topological polar surface area (TPSA) is 109 Å². The summed E-state index contributed by atoms with van der Waals surface area (Å²) < 4.78 is 25.8. The van der Waals surface area contributed by atoms with E-state index in [1.165, 1.54) is 40.6 Å². The number of carbonyl (C=O) groups excluding carboxylic acids is 3. The third kappa shape index (κ3) is 6.63. The molecule has 0 aliphatic carbocycles. The highest BCUT2D eigenvalue weighted by Crippen LogP contribution is 2.38. The van der Waals surface area contributed by atoms with Gasteiger partial charge in [0.15, 0.2) is 18.1 Å². The fourth-order valence-electron chi connectivity index (χ4n) is 2.72. The summed E-state index contributed by atoms with van der Waals surface area (Å²) in [6, 6.07) is 9.70. The second-order valence-electron chi connectivity index (χ2n) is 6.30. The minimum Gasteiger partial charge on any atom is -0.497 e. The molecule has 0 aliphatic rings. The van der Waals surface area contributed by atoms with Crippen LogP contribution >= 0.6 is 0 Å². The molecule has 0 heterocycles. The molecule has 2 aromatic carbocycles. The second-order valence-corrected chi connectivity index (χ2v) is 6.30. The lowest BCUT2D eigenvalue weighted by Crippen LogP contribution is -2.34. The monoisotopic (exact) mass is 431 g/mol. The molecule has 0 aliphatic heterocycles. The summed E-state index contributed by atoms with van der Waals surface area (Å²) in [5.74, 6) is 0.0885. The van der Waals surface area contributed by atoms with Crippen molar-refractivity contribution in [1.29, 1.82) is 0 Å². The highest BCUT2D eigenvalue weighted by molar-refractivity contribution is 6.05. The number of imide groups is 1.